The number of nitriles is 1. The number of rotatable bonds is 1. The van der Waals surface area contributed by atoms with Gasteiger partial charge < -0.3 is 4.74 Å². The highest BCUT2D eigenvalue weighted by atomic mass is 16.5. The number of hydrogen-bond acceptors (Lipinski definition) is 3. The van der Waals surface area contributed by atoms with Gasteiger partial charge in [0.2, 0.25) is 0 Å². The van der Waals surface area contributed by atoms with Crippen LogP contribution < -0.4 is 10.1 Å². The summed E-state index contributed by atoms with van der Waals surface area (Å²) >= 11 is 0. The zero-order valence-corrected chi connectivity index (χ0v) is 11.7. The Morgan fingerprint density at radius 3 is 2.71 bits per heavy atom. The van der Waals surface area contributed by atoms with Gasteiger partial charge in [-0.2, -0.15) is 5.26 Å². The van der Waals surface area contributed by atoms with Crippen LogP contribution in [0.5, 0.6) is 5.75 Å². The minimum atomic E-state index is -0.166. The van der Waals surface area contributed by atoms with Crippen molar-refractivity contribution in [1.29, 1.82) is 5.26 Å². The first-order valence-electron chi connectivity index (χ1n) is 6.78. The van der Waals surface area contributed by atoms with Gasteiger partial charge in [0, 0.05) is 5.56 Å². The first-order valence-corrected chi connectivity index (χ1v) is 6.78. The van der Waals surface area contributed by atoms with E-state index in [0.717, 1.165) is 22.4 Å². The van der Waals surface area contributed by atoms with Crippen molar-refractivity contribution in [3.63, 3.8) is 0 Å². The highest BCUT2D eigenvalue weighted by molar-refractivity contribution is 5.81. The van der Waals surface area contributed by atoms with Crippen LogP contribution in [0.3, 0.4) is 0 Å². The molecule has 0 saturated carbocycles. The van der Waals surface area contributed by atoms with E-state index in [-0.39, 0.29) is 6.04 Å². The molecule has 1 atom stereocenters. The van der Waals surface area contributed by atoms with E-state index >= 15 is 0 Å². The van der Waals surface area contributed by atoms with Gasteiger partial charge in [0.05, 0.1) is 0 Å². The molecule has 0 saturated heterocycles. The third-order valence-electron chi connectivity index (χ3n) is 3.51. The van der Waals surface area contributed by atoms with Gasteiger partial charge in [-0.05, 0) is 24.1 Å². The number of benzene rings is 2. The number of hydrogen-bond donors (Lipinski definition) is 1. The highest BCUT2D eigenvalue weighted by Gasteiger charge is 2.23. The standard InChI is InChI=1S/C17H15N3O/c1-12(19-11-18)20-17-14-7-3-2-6-13(14)10-21-16-9-5-4-8-15(16)17/h2-9,17H,10H2,1H3,(H,19,20). The zero-order valence-electron chi connectivity index (χ0n) is 11.7. The Hall–Kier alpha value is -2.80. The van der Waals surface area contributed by atoms with Crippen LogP contribution in [-0.4, -0.2) is 5.84 Å². The Balaban J connectivity index is 2.16. The summed E-state index contributed by atoms with van der Waals surface area (Å²) in [5.74, 6) is 1.43. The molecule has 1 aliphatic heterocycles. The molecule has 0 amide bonds. The third-order valence-corrected chi connectivity index (χ3v) is 3.51. The fourth-order valence-corrected chi connectivity index (χ4v) is 2.54. The summed E-state index contributed by atoms with van der Waals surface area (Å²) in [5.41, 5.74) is 3.25. The lowest BCUT2D eigenvalue weighted by molar-refractivity contribution is 0.307. The van der Waals surface area contributed by atoms with Crippen LogP contribution in [0.15, 0.2) is 53.5 Å². The van der Waals surface area contributed by atoms with Gasteiger partial charge in [0.25, 0.3) is 0 Å². The van der Waals surface area contributed by atoms with Crippen LogP contribution in [-0.2, 0) is 6.61 Å². The predicted molar refractivity (Wildman–Crippen MR) is 80.9 cm³/mol. The Kier molecular flexibility index (Phi) is 3.57. The van der Waals surface area contributed by atoms with Gasteiger partial charge in [-0.3, -0.25) is 10.3 Å². The molecule has 21 heavy (non-hydrogen) atoms. The summed E-state index contributed by atoms with van der Waals surface area (Å²) in [6.45, 7) is 2.32. The molecule has 0 fully saturated rings. The summed E-state index contributed by atoms with van der Waals surface area (Å²) < 4.78 is 5.89. The third kappa shape index (κ3) is 2.59. The highest BCUT2D eigenvalue weighted by Crippen LogP contribution is 2.37. The first kappa shape index (κ1) is 13.2. The molecule has 1 heterocycles. The number of amidine groups is 1. The second kappa shape index (κ2) is 5.68. The molecule has 104 valence electrons. The van der Waals surface area contributed by atoms with Crippen molar-refractivity contribution in [2.75, 3.05) is 0 Å². The van der Waals surface area contributed by atoms with Crippen LogP contribution in [0.25, 0.3) is 0 Å². The van der Waals surface area contributed by atoms with Crippen LogP contribution in [0, 0.1) is 11.5 Å². The molecule has 0 radical (unpaired) electrons. The largest absolute Gasteiger partial charge is 0.489 e. The lowest BCUT2D eigenvalue weighted by Gasteiger charge is -2.15. The topological polar surface area (TPSA) is 57.4 Å². The van der Waals surface area contributed by atoms with Gasteiger partial charge in [0.15, 0.2) is 6.19 Å². The number of nitrogens with one attached hydrogen (secondary N) is 1. The van der Waals surface area contributed by atoms with Gasteiger partial charge in [-0.25, -0.2) is 0 Å². The maximum atomic E-state index is 8.75. The fraction of sp³-hybridized carbons (Fsp3) is 0.176. The number of nitrogens with zero attached hydrogens (tertiary/aromatic N) is 2. The van der Waals surface area contributed by atoms with E-state index in [2.05, 4.69) is 22.4 Å². The molecule has 1 unspecified atom stereocenters. The summed E-state index contributed by atoms with van der Waals surface area (Å²) in [5, 5.41) is 11.3. The van der Waals surface area contributed by atoms with E-state index in [1.807, 2.05) is 42.6 Å². The quantitative estimate of drug-likeness (QED) is 0.377. The molecule has 0 aliphatic carbocycles. The molecular formula is C17H15N3O. The van der Waals surface area contributed by atoms with Crippen molar-refractivity contribution < 1.29 is 4.74 Å². The average Bonchev–Trinajstić information content (AvgIpc) is 2.66. The summed E-state index contributed by atoms with van der Waals surface area (Å²) in [4.78, 5) is 4.67. The van der Waals surface area contributed by atoms with Crippen LogP contribution in [0.2, 0.25) is 0 Å². The van der Waals surface area contributed by atoms with E-state index in [0.29, 0.717) is 12.4 Å². The molecule has 0 aromatic heterocycles. The number of ether oxygens (including phenoxy) is 1. The summed E-state index contributed by atoms with van der Waals surface area (Å²) in [6.07, 6.45) is 1.91. The maximum absolute atomic E-state index is 8.75. The van der Waals surface area contributed by atoms with Gasteiger partial charge >= 0.3 is 0 Å². The van der Waals surface area contributed by atoms with Crippen molar-refractivity contribution in [2.45, 2.75) is 19.6 Å². The molecule has 3 rings (SSSR count). The maximum Gasteiger partial charge on any atom is 0.182 e. The Morgan fingerprint density at radius 2 is 1.90 bits per heavy atom. The Labute approximate surface area is 123 Å². The zero-order chi connectivity index (χ0) is 14.7. The monoisotopic (exact) mass is 277 g/mol. The summed E-state index contributed by atoms with van der Waals surface area (Å²) in [7, 11) is 0. The van der Waals surface area contributed by atoms with Crippen LogP contribution in [0.4, 0.5) is 0 Å². The fourth-order valence-electron chi connectivity index (χ4n) is 2.54. The Morgan fingerprint density at radius 1 is 1.19 bits per heavy atom. The van der Waals surface area contributed by atoms with Crippen LogP contribution in [0.1, 0.15) is 29.7 Å². The van der Waals surface area contributed by atoms with Gasteiger partial charge in [-0.1, -0.05) is 42.5 Å². The molecule has 1 aliphatic rings. The number of aliphatic imine (C=N–C) groups is 1. The van der Waals surface area contributed by atoms with E-state index in [1.165, 1.54) is 0 Å². The molecule has 1 N–H and O–H groups in total. The smallest absolute Gasteiger partial charge is 0.182 e. The van der Waals surface area contributed by atoms with Crippen molar-refractivity contribution in [1.82, 2.24) is 5.32 Å². The van der Waals surface area contributed by atoms with Crippen molar-refractivity contribution >= 4 is 5.84 Å². The second-order valence-electron chi connectivity index (χ2n) is 4.88. The van der Waals surface area contributed by atoms with Crippen molar-refractivity contribution in [3.8, 4) is 11.9 Å². The average molecular weight is 277 g/mol. The molecule has 4 nitrogen and oxygen atoms in total. The van der Waals surface area contributed by atoms with E-state index in [1.54, 1.807) is 6.92 Å². The number of para-hydroxylation sites is 1. The van der Waals surface area contributed by atoms with Gasteiger partial charge in [0.1, 0.15) is 24.2 Å². The molecule has 0 spiro atoms. The SMILES string of the molecule is CC(=NC1c2ccccc2COc2ccccc21)NC#N. The minimum absolute atomic E-state index is 0.166. The lowest BCUT2D eigenvalue weighted by atomic mass is 9.95. The molecule has 2 aromatic carbocycles. The first-order chi connectivity index (χ1) is 10.3. The molecular weight excluding hydrogens is 262 g/mol. The Bertz CT molecular complexity index is 683. The van der Waals surface area contributed by atoms with E-state index in [9.17, 15) is 0 Å². The molecule has 4 heteroatoms. The normalized spacial score (nSPS) is 16.8. The molecule has 2 aromatic rings. The van der Waals surface area contributed by atoms with Crippen molar-refractivity contribution in [3.05, 3.63) is 65.2 Å². The van der Waals surface area contributed by atoms with Gasteiger partial charge in [-0.15, -0.1) is 0 Å². The predicted octanol–water partition coefficient (Wildman–Crippen LogP) is 3.16. The van der Waals surface area contributed by atoms with Crippen LogP contribution >= 0.6 is 0 Å². The lowest BCUT2D eigenvalue weighted by Crippen LogP contribution is -2.15. The summed E-state index contributed by atoms with van der Waals surface area (Å²) in [6, 6.07) is 15.9. The van der Waals surface area contributed by atoms with Crippen molar-refractivity contribution in [2.24, 2.45) is 4.99 Å². The van der Waals surface area contributed by atoms with E-state index < -0.39 is 0 Å². The number of fused-ring (bicyclic) bond motifs is 2. The van der Waals surface area contributed by atoms with E-state index in [4.69, 9.17) is 10.00 Å². The molecule has 0 bridgehead atoms. The minimum Gasteiger partial charge on any atom is -0.489 e. The second-order valence-corrected chi connectivity index (χ2v) is 4.88.